The molecule has 0 fully saturated rings. The second kappa shape index (κ2) is 18.3. The van der Waals surface area contributed by atoms with Crippen molar-refractivity contribution in [1.29, 1.82) is 0 Å². The largest absolute Gasteiger partial charge is 0.493 e. The van der Waals surface area contributed by atoms with Crippen LogP contribution in [0.3, 0.4) is 0 Å². The van der Waals surface area contributed by atoms with Crippen molar-refractivity contribution in [2.24, 2.45) is 0 Å². The molecule has 5 rings (SSSR count). The van der Waals surface area contributed by atoms with Crippen LogP contribution >= 0.6 is 11.6 Å². The third-order valence-electron chi connectivity index (χ3n) is 8.29. The normalized spacial score (nSPS) is 11.6. The summed E-state index contributed by atoms with van der Waals surface area (Å²) in [6, 6.07) is 31.5. The van der Waals surface area contributed by atoms with Crippen LogP contribution in [0.1, 0.15) is 16.7 Å². The number of carbonyl (C=O) groups excluding carboxylic acids is 2. The molecule has 5 aromatic carbocycles. The second-order valence-corrected chi connectivity index (χ2v) is 14.1. The lowest BCUT2D eigenvalue weighted by Crippen LogP contribution is -2.52. The molecule has 0 aliphatic carbocycles. The summed E-state index contributed by atoms with van der Waals surface area (Å²) in [6.07, 6.45) is 0.736. The highest BCUT2D eigenvalue weighted by Gasteiger charge is 2.31. The number of nitrogens with one attached hydrogen (secondary N) is 2. The van der Waals surface area contributed by atoms with E-state index >= 15 is 0 Å². The van der Waals surface area contributed by atoms with Crippen molar-refractivity contribution in [2.45, 2.75) is 30.3 Å². The summed E-state index contributed by atoms with van der Waals surface area (Å²) in [5, 5.41) is 3.54. The lowest BCUT2D eigenvalue weighted by atomic mass is 10.0. The summed E-state index contributed by atoms with van der Waals surface area (Å²) < 4.78 is 58.0. The zero-order valence-electron chi connectivity index (χ0n) is 29.1. The molecule has 2 amide bonds. The molecule has 0 spiro atoms. The summed E-state index contributed by atoms with van der Waals surface area (Å²) in [5.74, 6) is 0.112. The third kappa shape index (κ3) is 11.0. The van der Waals surface area contributed by atoms with E-state index in [1.807, 2.05) is 42.5 Å². The first-order valence-electron chi connectivity index (χ1n) is 16.6. The van der Waals surface area contributed by atoms with Crippen molar-refractivity contribution in [1.82, 2.24) is 10.2 Å². The van der Waals surface area contributed by atoms with E-state index in [1.54, 1.807) is 44.6 Å². The van der Waals surface area contributed by atoms with Gasteiger partial charge in [-0.25, -0.2) is 12.8 Å². The Morgan fingerprint density at radius 1 is 0.792 bits per heavy atom. The van der Waals surface area contributed by atoms with Crippen LogP contribution in [0, 0.1) is 5.82 Å². The Hall–Kier alpha value is -5.59. The fourth-order valence-corrected chi connectivity index (χ4v) is 6.68. The minimum Gasteiger partial charge on any atom is -0.493 e. The molecule has 0 aliphatic rings. The molecule has 1 atom stereocenters. The number of methoxy groups -OCH3 is 2. The van der Waals surface area contributed by atoms with Gasteiger partial charge in [-0.05, 0) is 95.9 Å². The first kappa shape index (κ1) is 38.6. The van der Waals surface area contributed by atoms with Gasteiger partial charge in [-0.15, -0.1) is 0 Å². The number of hydrogen-bond acceptors (Lipinski definition) is 7. The number of sulfonamides is 1. The van der Waals surface area contributed by atoms with Crippen LogP contribution in [0.5, 0.6) is 17.2 Å². The number of rotatable bonds is 17. The van der Waals surface area contributed by atoms with Gasteiger partial charge in [0.1, 0.15) is 17.6 Å². The molecule has 0 heterocycles. The first-order valence-corrected chi connectivity index (χ1v) is 18.5. The fourth-order valence-electron chi connectivity index (χ4n) is 5.50. The number of ether oxygens (including phenoxy) is 3. The lowest BCUT2D eigenvalue weighted by molar-refractivity contribution is -0.142. The van der Waals surface area contributed by atoms with Gasteiger partial charge in [0.25, 0.3) is 15.9 Å². The van der Waals surface area contributed by atoms with Crippen molar-refractivity contribution in [3.8, 4) is 17.2 Å². The molecular formula is C40H39ClFN3O7S. The molecule has 0 unspecified atom stereocenters. The molecular weight excluding hydrogens is 721 g/mol. The predicted octanol–water partition coefficient (Wildman–Crippen LogP) is 6.67. The Morgan fingerprint density at radius 2 is 1.45 bits per heavy atom. The van der Waals surface area contributed by atoms with E-state index in [0.29, 0.717) is 29.5 Å². The monoisotopic (exact) mass is 759 g/mol. The van der Waals surface area contributed by atoms with Gasteiger partial charge in [0.2, 0.25) is 5.91 Å². The molecule has 13 heteroatoms. The molecule has 0 radical (unpaired) electrons. The zero-order chi connectivity index (χ0) is 37.8. The molecule has 5 aromatic rings. The molecule has 53 heavy (non-hydrogen) atoms. The SMILES string of the molecule is COc1ccc(CCNC(=O)[C@H](Cc2ccccc2)N(Cc2ccc(Cl)cc2)C(=O)COc2ccc(S(=O)(=O)Nc3ccc(F)cc3)cc2)cc1OC. The Labute approximate surface area is 313 Å². The minimum absolute atomic E-state index is 0.0578. The van der Waals surface area contributed by atoms with E-state index in [-0.39, 0.29) is 35.2 Å². The smallest absolute Gasteiger partial charge is 0.261 e. The van der Waals surface area contributed by atoms with Crippen LogP contribution in [0.4, 0.5) is 10.1 Å². The van der Waals surface area contributed by atoms with Gasteiger partial charge in [-0.2, -0.15) is 0 Å². The minimum atomic E-state index is -3.98. The summed E-state index contributed by atoms with van der Waals surface area (Å²) in [5.41, 5.74) is 2.74. The second-order valence-electron chi connectivity index (χ2n) is 12.0. The quantitative estimate of drug-likeness (QED) is 0.109. The van der Waals surface area contributed by atoms with Crippen molar-refractivity contribution in [3.05, 3.63) is 149 Å². The van der Waals surface area contributed by atoms with Gasteiger partial charge >= 0.3 is 0 Å². The average molecular weight is 760 g/mol. The molecule has 0 bridgehead atoms. The van der Waals surface area contributed by atoms with Gasteiger partial charge in [-0.3, -0.25) is 14.3 Å². The van der Waals surface area contributed by atoms with Gasteiger partial charge < -0.3 is 24.4 Å². The van der Waals surface area contributed by atoms with E-state index in [4.69, 9.17) is 25.8 Å². The highest BCUT2D eigenvalue weighted by atomic mass is 35.5. The predicted molar refractivity (Wildman–Crippen MR) is 201 cm³/mol. The Bertz CT molecular complexity index is 2080. The maximum absolute atomic E-state index is 14.0. The highest BCUT2D eigenvalue weighted by Crippen LogP contribution is 2.28. The molecule has 0 aliphatic heterocycles. The van der Waals surface area contributed by atoms with E-state index in [9.17, 15) is 22.4 Å². The Kier molecular flexibility index (Phi) is 13.3. The van der Waals surface area contributed by atoms with Crippen LogP contribution in [0.2, 0.25) is 5.02 Å². The van der Waals surface area contributed by atoms with E-state index < -0.39 is 34.4 Å². The third-order valence-corrected chi connectivity index (χ3v) is 9.94. The molecule has 0 aromatic heterocycles. The number of carbonyl (C=O) groups is 2. The summed E-state index contributed by atoms with van der Waals surface area (Å²) in [6.45, 7) is -0.0473. The van der Waals surface area contributed by atoms with Crippen LogP contribution in [-0.4, -0.2) is 58.5 Å². The average Bonchev–Trinajstić information content (AvgIpc) is 3.17. The maximum Gasteiger partial charge on any atom is 0.261 e. The fraction of sp³-hybridized carbons (Fsp3) is 0.200. The van der Waals surface area contributed by atoms with Crippen LogP contribution < -0.4 is 24.2 Å². The number of nitrogens with zero attached hydrogens (tertiary/aromatic N) is 1. The molecule has 2 N–H and O–H groups in total. The molecule has 0 saturated heterocycles. The van der Waals surface area contributed by atoms with Gasteiger partial charge in [-0.1, -0.05) is 60.1 Å². The van der Waals surface area contributed by atoms with Crippen LogP contribution in [-0.2, 0) is 39.0 Å². The lowest BCUT2D eigenvalue weighted by Gasteiger charge is -2.31. The van der Waals surface area contributed by atoms with Crippen LogP contribution in [0.15, 0.2) is 126 Å². The van der Waals surface area contributed by atoms with E-state index in [1.165, 1.54) is 41.3 Å². The number of hydrogen-bond donors (Lipinski definition) is 2. The van der Waals surface area contributed by atoms with Crippen LogP contribution in [0.25, 0.3) is 0 Å². The van der Waals surface area contributed by atoms with Gasteiger partial charge in [0.15, 0.2) is 18.1 Å². The van der Waals surface area contributed by atoms with Gasteiger partial charge in [0.05, 0.1) is 19.1 Å². The number of amides is 2. The maximum atomic E-state index is 14.0. The number of anilines is 1. The van der Waals surface area contributed by atoms with E-state index in [2.05, 4.69) is 10.0 Å². The van der Waals surface area contributed by atoms with Crippen molar-refractivity contribution >= 4 is 39.1 Å². The summed E-state index contributed by atoms with van der Waals surface area (Å²) in [4.78, 5) is 29.5. The zero-order valence-corrected chi connectivity index (χ0v) is 30.7. The van der Waals surface area contributed by atoms with Crippen molar-refractivity contribution < 1.29 is 36.6 Å². The number of benzene rings is 5. The molecule has 276 valence electrons. The summed E-state index contributed by atoms with van der Waals surface area (Å²) >= 11 is 6.14. The molecule has 0 saturated carbocycles. The van der Waals surface area contributed by atoms with Gasteiger partial charge in [0, 0.05) is 30.2 Å². The Balaban J connectivity index is 1.33. The first-order chi connectivity index (χ1) is 25.5. The molecule has 10 nitrogen and oxygen atoms in total. The van der Waals surface area contributed by atoms with Crippen molar-refractivity contribution in [3.63, 3.8) is 0 Å². The standard InChI is InChI=1S/C40H39ClFN3O7S/c1-50-37-21-10-29(25-38(37)51-2)22-23-43-40(47)36(24-28-6-4-3-5-7-28)45(26-30-8-11-31(41)12-9-30)39(46)27-52-34-17-19-35(20-18-34)53(48,49)44-33-15-13-32(42)14-16-33/h3-21,25,36,44H,22-24,26-27H2,1-2H3,(H,43,47)/t36-/m0/s1. The van der Waals surface area contributed by atoms with E-state index in [0.717, 1.165) is 28.8 Å². The summed E-state index contributed by atoms with van der Waals surface area (Å²) in [7, 11) is -0.857. The topological polar surface area (TPSA) is 123 Å². The number of halogens is 2. The van der Waals surface area contributed by atoms with Crippen molar-refractivity contribution in [2.75, 3.05) is 32.1 Å². The Morgan fingerprint density at radius 3 is 2.11 bits per heavy atom. The highest BCUT2D eigenvalue weighted by molar-refractivity contribution is 7.92.